The summed E-state index contributed by atoms with van der Waals surface area (Å²) in [5.74, 6) is 0. The summed E-state index contributed by atoms with van der Waals surface area (Å²) in [6.45, 7) is 7.39. The molecule has 0 radical (unpaired) electrons. The molecule has 0 aromatic rings. The molecule has 0 spiro atoms. The first-order valence-electron chi connectivity index (χ1n) is 5.89. The van der Waals surface area contributed by atoms with Crippen molar-refractivity contribution in [3.05, 3.63) is 0 Å². The first-order valence-corrected chi connectivity index (χ1v) is 5.89. The molecule has 1 atom stereocenters. The Morgan fingerprint density at radius 3 is 2.87 bits per heavy atom. The largest absolute Gasteiger partial charge is 0.318 e. The molecule has 3 nitrogen and oxygen atoms in total. The predicted molar refractivity (Wildman–Crippen MR) is 62.5 cm³/mol. The minimum Gasteiger partial charge on any atom is -0.318 e. The Labute approximate surface area is 93.5 Å². The van der Waals surface area contributed by atoms with Gasteiger partial charge in [0.2, 0.25) is 0 Å². The van der Waals surface area contributed by atoms with Crippen molar-refractivity contribution < 1.29 is 0 Å². The summed E-state index contributed by atoms with van der Waals surface area (Å²) in [5.41, 5.74) is -0.174. The van der Waals surface area contributed by atoms with Gasteiger partial charge in [0, 0.05) is 12.6 Å². The van der Waals surface area contributed by atoms with E-state index in [4.69, 9.17) is 5.26 Å². The number of hydrogen-bond donors (Lipinski definition) is 1. The summed E-state index contributed by atoms with van der Waals surface area (Å²) in [7, 11) is 2.01. The Morgan fingerprint density at radius 1 is 1.53 bits per heavy atom. The van der Waals surface area contributed by atoms with E-state index in [1.807, 2.05) is 20.9 Å². The van der Waals surface area contributed by atoms with E-state index in [1.165, 1.54) is 19.4 Å². The van der Waals surface area contributed by atoms with Crippen LogP contribution in [0.25, 0.3) is 0 Å². The molecule has 1 aliphatic heterocycles. The average Bonchev–Trinajstić information content (AvgIpc) is 2.64. The lowest BCUT2D eigenvalue weighted by Gasteiger charge is -2.26. The molecule has 15 heavy (non-hydrogen) atoms. The second-order valence-electron chi connectivity index (χ2n) is 5.14. The Balaban J connectivity index is 2.35. The summed E-state index contributed by atoms with van der Waals surface area (Å²) in [4.78, 5) is 2.52. The number of nitrogens with one attached hydrogen (secondary N) is 1. The number of rotatable bonds is 5. The fourth-order valence-corrected chi connectivity index (χ4v) is 2.14. The summed E-state index contributed by atoms with van der Waals surface area (Å²) in [5, 5.41) is 12.2. The molecule has 0 saturated carbocycles. The maximum absolute atomic E-state index is 8.96. The van der Waals surface area contributed by atoms with E-state index in [0.717, 1.165) is 19.5 Å². The lowest BCUT2D eigenvalue weighted by atomic mass is 9.91. The van der Waals surface area contributed by atoms with Crippen LogP contribution in [0.15, 0.2) is 0 Å². The van der Waals surface area contributed by atoms with Gasteiger partial charge in [-0.05, 0) is 53.2 Å². The van der Waals surface area contributed by atoms with Gasteiger partial charge >= 0.3 is 0 Å². The van der Waals surface area contributed by atoms with Gasteiger partial charge in [-0.25, -0.2) is 0 Å². The highest BCUT2D eigenvalue weighted by Gasteiger charge is 2.26. The van der Waals surface area contributed by atoms with Crippen molar-refractivity contribution in [2.45, 2.75) is 39.2 Å². The van der Waals surface area contributed by atoms with Gasteiger partial charge < -0.3 is 5.32 Å². The zero-order chi connectivity index (χ0) is 11.3. The summed E-state index contributed by atoms with van der Waals surface area (Å²) in [6, 6.07) is 3.05. The maximum Gasteiger partial charge on any atom is 0.0684 e. The van der Waals surface area contributed by atoms with Crippen LogP contribution < -0.4 is 5.32 Å². The SMILES string of the molecule is CNCC1CCCN1CCC(C)(C)C#N. The summed E-state index contributed by atoms with van der Waals surface area (Å²) < 4.78 is 0. The molecule has 0 amide bonds. The van der Waals surface area contributed by atoms with Crippen molar-refractivity contribution in [1.82, 2.24) is 10.2 Å². The van der Waals surface area contributed by atoms with Crippen molar-refractivity contribution in [3.63, 3.8) is 0 Å². The molecule has 0 aromatic heterocycles. The van der Waals surface area contributed by atoms with E-state index in [-0.39, 0.29) is 5.41 Å². The Kier molecular flexibility index (Phi) is 4.56. The van der Waals surface area contributed by atoms with Gasteiger partial charge in [-0.3, -0.25) is 4.90 Å². The predicted octanol–water partition coefficient (Wildman–Crippen LogP) is 1.61. The molecule has 1 unspecified atom stereocenters. The van der Waals surface area contributed by atoms with Crippen LogP contribution in [0, 0.1) is 16.7 Å². The minimum atomic E-state index is -0.174. The van der Waals surface area contributed by atoms with Gasteiger partial charge in [-0.15, -0.1) is 0 Å². The van der Waals surface area contributed by atoms with Gasteiger partial charge in [-0.1, -0.05) is 0 Å². The van der Waals surface area contributed by atoms with E-state index < -0.39 is 0 Å². The molecule has 3 heteroatoms. The third kappa shape index (κ3) is 3.81. The normalized spacial score (nSPS) is 22.9. The van der Waals surface area contributed by atoms with E-state index in [9.17, 15) is 0 Å². The second kappa shape index (κ2) is 5.48. The third-order valence-corrected chi connectivity index (χ3v) is 3.27. The lowest BCUT2D eigenvalue weighted by molar-refractivity contribution is 0.223. The van der Waals surface area contributed by atoms with Crippen LogP contribution >= 0.6 is 0 Å². The standard InChI is InChI=1S/C12H23N3/c1-12(2,10-13)6-8-15-7-4-5-11(15)9-14-3/h11,14H,4-9H2,1-3H3. The van der Waals surface area contributed by atoms with Gasteiger partial charge in [0.05, 0.1) is 11.5 Å². The molecule has 86 valence electrons. The molecular weight excluding hydrogens is 186 g/mol. The van der Waals surface area contributed by atoms with Crippen LogP contribution in [-0.4, -0.2) is 37.6 Å². The van der Waals surface area contributed by atoms with Crippen LogP contribution in [0.1, 0.15) is 33.1 Å². The van der Waals surface area contributed by atoms with E-state index >= 15 is 0 Å². The van der Waals surface area contributed by atoms with Gasteiger partial charge in [0.15, 0.2) is 0 Å². The number of hydrogen-bond acceptors (Lipinski definition) is 3. The van der Waals surface area contributed by atoms with Crippen LogP contribution in [-0.2, 0) is 0 Å². The van der Waals surface area contributed by atoms with Crippen molar-refractivity contribution in [2.24, 2.45) is 5.41 Å². The average molecular weight is 209 g/mol. The van der Waals surface area contributed by atoms with E-state index in [2.05, 4.69) is 16.3 Å². The number of likely N-dealkylation sites (N-methyl/N-ethyl adjacent to an activating group) is 1. The van der Waals surface area contributed by atoms with E-state index in [1.54, 1.807) is 0 Å². The highest BCUT2D eigenvalue weighted by atomic mass is 15.2. The quantitative estimate of drug-likeness (QED) is 0.747. The fourth-order valence-electron chi connectivity index (χ4n) is 2.14. The van der Waals surface area contributed by atoms with Gasteiger partial charge in [0.1, 0.15) is 0 Å². The molecular formula is C12H23N3. The van der Waals surface area contributed by atoms with Crippen LogP contribution in [0.3, 0.4) is 0 Å². The Morgan fingerprint density at radius 2 is 2.27 bits per heavy atom. The highest BCUT2D eigenvalue weighted by molar-refractivity contribution is 4.93. The summed E-state index contributed by atoms with van der Waals surface area (Å²) in [6.07, 6.45) is 3.58. The topological polar surface area (TPSA) is 39.1 Å². The summed E-state index contributed by atoms with van der Waals surface area (Å²) >= 11 is 0. The Bertz CT molecular complexity index is 230. The van der Waals surface area contributed by atoms with Crippen LogP contribution in [0.5, 0.6) is 0 Å². The highest BCUT2D eigenvalue weighted by Crippen LogP contribution is 2.23. The van der Waals surface area contributed by atoms with Crippen molar-refractivity contribution in [3.8, 4) is 6.07 Å². The van der Waals surface area contributed by atoms with Gasteiger partial charge in [-0.2, -0.15) is 5.26 Å². The molecule has 0 aliphatic carbocycles. The molecule has 1 aliphatic rings. The van der Waals surface area contributed by atoms with Crippen LogP contribution in [0.2, 0.25) is 0 Å². The fraction of sp³-hybridized carbons (Fsp3) is 0.917. The molecule has 1 N–H and O–H groups in total. The number of nitriles is 1. The lowest BCUT2D eigenvalue weighted by Crippen LogP contribution is -2.38. The zero-order valence-corrected chi connectivity index (χ0v) is 10.2. The zero-order valence-electron chi connectivity index (χ0n) is 10.2. The van der Waals surface area contributed by atoms with E-state index in [0.29, 0.717) is 6.04 Å². The Hall–Kier alpha value is -0.590. The smallest absolute Gasteiger partial charge is 0.0684 e. The molecule has 0 aromatic carbocycles. The molecule has 1 fully saturated rings. The number of likely N-dealkylation sites (tertiary alicyclic amines) is 1. The van der Waals surface area contributed by atoms with Crippen LogP contribution in [0.4, 0.5) is 0 Å². The van der Waals surface area contributed by atoms with Gasteiger partial charge in [0.25, 0.3) is 0 Å². The monoisotopic (exact) mass is 209 g/mol. The van der Waals surface area contributed by atoms with Crippen molar-refractivity contribution in [1.29, 1.82) is 5.26 Å². The molecule has 1 heterocycles. The first kappa shape index (κ1) is 12.5. The second-order valence-corrected chi connectivity index (χ2v) is 5.14. The minimum absolute atomic E-state index is 0.174. The number of nitrogens with zero attached hydrogens (tertiary/aromatic N) is 2. The first-order chi connectivity index (χ1) is 7.09. The van der Waals surface area contributed by atoms with Crippen molar-refractivity contribution in [2.75, 3.05) is 26.7 Å². The third-order valence-electron chi connectivity index (χ3n) is 3.27. The molecule has 1 rings (SSSR count). The maximum atomic E-state index is 8.96. The molecule has 0 bridgehead atoms. The van der Waals surface area contributed by atoms with Crippen molar-refractivity contribution >= 4 is 0 Å². The molecule has 1 saturated heterocycles.